The van der Waals surface area contributed by atoms with Crippen LogP contribution in [0.25, 0.3) is 0 Å². The summed E-state index contributed by atoms with van der Waals surface area (Å²) in [7, 11) is -0.429. The van der Waals surface area contributed by atoms with Gasteiger partial charge in [0.1, 0.15) is 0 Å². The van der Waals surface area contributed by atoms with Crippen LogP contribution in [0.2, 0.25) is 0 Å². The second-order valence-corrected chi connectivity index (χ2v) is 7.36. The van der Waals surface area contributed by atoms with Gasteiger partial charge in [-0.3, -0.25) is 4.79 Å². The normalized spacial score (nSPS) is 20.4. The number of anilines is 1. The predicted molar refractivity (Wildman–Crippen MR) is 81.3 cm³/mol. The summed E-state index contributed by atoms with van der Waals surface area (Å²) >= 11 is 1.38. The van der Waals surface area contributed by atoms with Gasteiger partial charge in [-0.15, -0.1) is 11.3 Å². The standard InChI is InChI=1S/C13H21BN2O3S/c1-8(2)10(17)16-11-15-7-9(20-11)14-18-12(3,4)13(5,6)19-14/h7-8H,1-6H3,(H,15,16,17). The topological polar surface area (TPSA) is 60.5 Å². The molecule has 7 heteroatoms. The Morgan fingerprint density at radius 3 is 2.35 bits per heavy atom. The lowest BCUT2D eigenvalue weighted by Crippen LogP contribution is -2.41. The molecule has 0 aliphatic carbocycles. The van der Waals surface area contributed by atoms with Crippen molar-refractivity contribution in [3.8, 4) is 0 Å². The summed E-state index contributed by atoms with van der Waals surface area (Å²) in [5.74, 6) is -0.112. The number of hydrogen-bond donors (Lipinski definition) is 1. The molecule has 5 nitrogen and oxygen atoms in total. The molecule has 1 aromatic heterocycles. The lowest BCUT2D eigenvalue weighted by molar-refractivity contribution is -0.118. The molecule has 0 aromatic carbocycles. The van der Waals surface area contributed by atoms with Gasteiger partial charge in [0.05, 0.1) is 16.0 Å². The van der Waals surface area contributed by atoms with E-state index in [0.717, 1.165) is 4.78 Å². The highest BCUT2D eigenvalue weighted by Crippen LogP contribution is 2.37. The summed E-state index contributed by atoms with van der Waals surface area (Å²) in [6.45, 7) is 11.7. The van der Waals surface area contributed by atoms with Crippen LogP contribution in [0.3, 0.4) is 0 Å². The molecular formula is C13H21BN2O3S. The Hall–Kier alpha value is -0.915. The molecule has 0 atom stereocenters. The van der Waals surface area contributed by atoms with E-state index < -0.39 is 7.12 Å². The minimum absolute atomic E-state index is 0.0418. The molecule has 1 aromatic rings. The van der Waals surface area contributed by atoms with E-state index in [1.165, 1.54) is 11.3 Å². The third-order valence-electron chi connectivity index (χ3n) is 3.76. The SMILES string of the molecule is CC(C)C(=O)Nc1ncc(B2OC(C)(C)C(C)(C)O2)s1. The second-order valence-electron chi connectivity index (χ2n) is 6.30. The van der Waals surface area contributed by atoms with Gasteiger partial charge in [-0.05, 0) is 27.7 Å². The summed E-state index contributed by atoms with van der Waals surface area (Å²) < 4.78 is 12.8. The molecule has 20 heavy (non-hydrogen) atoms. The Kier molecular flexibility index (Phi) is 3.97. The fourth-order valence-electron chi connectivity index (χ4n) is 1.66. The number of thiazole rings is 1. The smallest absolute Gasteiger partial charge is 0.399 e. The van der Waals surface area contributed by atoms with Crippen molar-refractivity contribution in [2.75, 3.05) is 5.32 Å². The number of hydrogen-bond acceptors (Lipinski definition) is 5. The summed E-state index contributed by atoms with van der Waals surface area (Å²) in [6.07, 6.45) is 1.70. The lowest BCUT2D eigenvalue weighted by atomic mass is 9.89. The number of nitrogens with zero attached hydrogens (tertiary/aromatic N) is 1. The van der Waals surface area contributed by atoms with Crippen LogP contribution in [0, 0.1) is 5.92 Å². The van der Waals surface area contributed by atoms with Crippen molar-refractivity contribution in [3.63, 3.8) is 0 Å². The third-order valence-corrected chi connectivity index (χ3v) is 4.70. The maximum Gasteiger partial charge on any atom is 0.507 e. The molecule has 0 unspecified atom stereocenters. The molecule has 1 aliphatic heterocycles. The Balaban J connectivity index is 2.09. The van der Waals surface area contributed by atoms with Gasteiger partial charge in [-0.25, -0.2) is 4.98 Å². The summed E-state index contributed by atoms with van der Waals surface area (Å²) in [4.78, 5) is 15.8. The zero-order valence-corrected chi connectivity index (χ0v) is 13.6. The van der Waals surface area contributed by atoms with Gasteiger partial charge < -0.3 is 14.6 Å². The molecule has 1 N–H and O–H groups in total. The van der Waals surface area contributed by atoms with Gasteiger partial charge in [0.25, 0.3) is 0 Å². The average molecular weight is 296 g/mol. The van der Waals surface area contributed by atoms with Crippen molar-refractivity contribution in [2.45, 2.75) is 52.7 Å². The molecule has 0 spiro atoms. The fourth-order valence-corrected chi connectivity index (χ4v) is 2.44. The Labute approximate surface area is 124 Å². The van der Waals surface area contributed by atoms with Gasteiger partial charge in [0.2, 0.25) is 5.91 Å². The van der Waals surface area contributed by atoms with Crippen LogP contribution in [-0.2, 0) is 14.1 Å². The van der Waals surface area contributed by atoms with Gasteiger partial charge >= 0.3 is 7.12 Å². The highest BCUT2D eigenvalue weighted by Gasteiger charge is 2.52. The number of carbonyl (C=O) groups is 1. The molecular weight excluding hydrogens is 275 g/mol. The zero-order chi connectivity index (χ0) is 15.1. The highest BCUT2D eigenvalue weighted by atomic mass is 32.1. The van der Waals surface area contributed by atoms with Crippen molar-refractivity contribution < 1.29 is 14.1 Å². The Bertz CT molecular complexity index is 497. The number of nitrogens with one attached hydrogen (secondary N) is 1. The van der Waals surface area contributed by atoms with Crippen LogP contribution >= 0.6 is 11.3 Å². The second kappa shape index (κ2) is 5.13. The molecule has 1 fully saturated rings. The molecule has 110 valence electrons. The van der Waals surface area contributed by atoms with E-state index in [1.807, 2.05) is 41.5 Å². The molecule has 1 aliphatic rings. The van der Waals surface area contributed by atoms with Crippen LogP contribution in [0.4, 0.5) is 5.13 Å². The van der Waals surface area contributed by atoms with Crippen LogP contribution in [0.1, 0.15) is 41.5 Å². The quantitative estimate of drug-likeness (QED) is 0.867. The first kappa shape index (κ1) is 15.5. The minimum Gasteiger partial charge on any atom is -0.399 e. The molecule has 2 heterocycles. The average Bonchev–Trinajstić information content (AvgIpc) is 2.82. The zero-order valence-electron chi connectivity index (χ0n) is 12.8. The van der Waals surface area contributed by atoms with E-state index in [-0.39, 0.29) is 23.0 Å². The molecule has 1 saturated heterocycles. The van der Waals surface area contributed by atoms with Crippen molar-refractivity contribution in [3.05, 3.63) is 6.20 Å². The first-order valence-corrected chi connectivity index (χ1v) is 7.56. The number of carbonyl (C=O) groups excluding carboxylic acids is 1. The molecule has 1 amide bonds. The van der Waals surface area contributed by atoms with Crippen LogP contribution < -0.4 is 10.1 Å². The van der Waals surface area contributed by atoms with E-state index in [2.05, 4.69) is 10.3 Å². The van der Waals surface area contributed by atoms with E-state index in [0.29, 0.717) is 5.13 Å². The summed E-state index contributed by atoms with van der Waals surface area (Å²) in [5.41, 5.74) is -0.744. The first-order valence-electron chi connectivity index (χ1n) is 6.74. The van der Waals surface area contributed by atoms with Gasteiger partial charge in [0.15, 0.2) is 5.13 Å². The lowest BCUT2D eigenvalue weighted by Gasteiger charge is -2.32. The first-order chi connectivity index (χ1) is 9.12. The number of rotatable bonds is 3. The minimum atomic E-state index is -0.429. The van der Waals surface area contributed by atoms with Crippen molar-refractivity contribution in [1.29, 1.82) is 0 Å². The number of amides is 1. The summed E-state index contributed by atoms with van der Waals surface area (Å²) in [5, 5.41) is 3.36. The summed E-state index contributed by atoms with van der Waals surface area (Å²) in [6, 6.07) is 0. The molecule has 0 saturated carbocycles. The number of aromatic nitrogens is 1. The molecule has 2 rings (SSSR count). The van der Waals surface area contributed by atoms with E-state index in [9.17, 15) is 4.79 Å². The van der Waals surface area contributed by atoms with Gasteiger partial charge in [-0.2, -0.15) is 0 Å². The molecule has 0 bridgehead atoms. The van der Waals surface area contributed by atoms with Crippen molar-refractivity contribution in [2.24, 2.45) is 5.92 Å². The maximum atomic E-state index is 11.6. The van der Waals surface area contributed by atoms with Crippen molar-refractivity contribution in [1.82, 2.24) is 4.98 Å². The predicted octanol–water partition coefficient (Wildman–Crippen LogP) is 2.04. The van der Waals surface area contributed by atoms with Crippen LogP contribution in [0.15, 0.2) is 6.20 Å². The van der Waals surface area contributed by atoms with E-state index in [4.69, 9.17) is 9.31 Å². The van der Waals surface area contributed by atoms with Gasteiger partial charge in [-0.1, -0.05) is 13.8 Å². The maximum absolute atomic E-state index is 11.6. The Morgan fingerprint density at radius 2 is 1.85 bits per heavy atom. The third kappa shape index (κ3) is 2.89. The highest BCUT2D eigenvalue weighted by molar-refractivity contribution is 7.25. The largest absolute Gasteiger partial charge is 0.507 e. The monoisotopic (exact) mass is 296 g/mol. The van der Waals surface area contributed by atoms with E-state index in [1.54, 1.807) is 6.20 Å². The van der Waals surface area contributed by atoms with Gasteiger partial charge in [0, 0.05) is 12.1 Å². The molecule has 0 radical (unpaired) electrons. The van der Waals surface area contributed by atoms with E-state index >= 15 is 0 Å². The van der Waals surface area contributed by atoms with Crippen molar-refractivity contribution >= 4 is 34.3 Å². The van der Waals surface area contributed by atoms with Crippen LogP contribution in [0.5, 0.6) is 0 Å². The Morgan fingerprint density at radius 1 is 1.30 bits per heavy atom. The fraction of sp³-hybridized carbons (Fsp3) is 0.692. The van der Waals surface area contributed by atoms with Crippen LogP contribution in [-0.4, -0.2) is 29.2 Å².